The third-order valence-corrected chi connectivity index (χ3v) is 5.25. The van der Waals surface area contributed by atoms with Crippen molar-refractivity contribution in [2.45, 2.75) is 44.9 Å². The van der Waals surface area contributed by atoms with E-state index in [1.165, 1.54) is 35.7 Å². The van der Waals surface area contributed by atoms with Gasteiger partial charge in [-0.2, -0.15) is 0 Å². The summed E-state index contributed by atoms with van der Waals surface area (Å²) in [4.78, 5) is 2.50. The lowest BCUT2D eigenvalue weighted by molar-refractivity contribution is 0.215. The quantitative estimate of drug-likeness (QED) is 0.291. The molecule has 0 radical (unpaired) electrons. The van der Waals surface area contributed by atoms with E-state index in [4.69, 9.17) is 4.74 Å². The zero-order chi connectivity index (χ0) is 19.4. The smallest absolute Gasteiger partial charge is 0.114 e. The minimum absolute atomic E-state index is 0.834. The van der Waals surface area contributed by atoms with Gasteiger partial charge in [-0.3, -0.25) is 0 Å². The zero-order valence-corrected chi connectivity index (χ0v) is 17.0. The second kappa shape index (κ2) is 11.4. The Balaban J connectivity index is 1.42. The molecule has 0 spiro atoms. The standard InChI is InChI=1S/C26H33NO/c1-2-3-19-27(25-18-17-23-13-9-10-14-24(23)22-25)20-11-4-5-12-21-28-26-15-7-6-8-16-26/h2,7,9-10,13-18,22H,1,3-6,8,11-12,19-21H2. The molecule has 0 unspecified atom stereocenters. The summed E-state index contributed by atoms with van der Waals surface area (Å²) in [5.41, 5.74) is 1.32. The number of allylic oxidation sites excluding steroid dienone is 3. The monoisotopic (exact) mass is 375 g/mol. The molecular weight excluding hydrogens is 342 g/mol. The first kappa shape index (κ1) is 20.3. The Hall–Kier alpha value is -2.48. The molecule has 2 aromatic rings. The van der Waals surface area contributed by atoms with Crippen LogP contribution in [0.4, 0.5) is 5.69 Å². The van der Waals surface area contributed by atoms with Crippen molar-refractivity contribution in [1.82, 2.24) is 0 Å². The number of unbranched alkanes of at least 4 members (excludes halogenated alkanes) is 3. The minimum Gasteiger partial charge on any atom is -0.494 e. The van der Waals surface area contributed by atoms with Crippen molar-refractivity contribution in [2.24, 2.45) is 0 Å². The van der Waals surface area contributed by atoms with Crippen molar-refractivity contribution in [3.8, 4) is 0 Å². The Morgan fingerprint density at radius 3 is 2.61 bits per heavy atom. The van der Waals surface area contributed by atoms with Crippen LogP contribution in [-0.4, -0.2) is 19.7 Å². The second-order valence-electron chi connectivity index (χ2n) is 7.44. The molecule has 148 valence electrons. The van der Waals surface area contributed by atoms with E-state index in [9.17, 15) is 0 Å². The zero-order valence-electron chi connectivity index (χ0n) is 17.0. The molecular formula is C26H33NO. The molecule has 1 aliphatic carbocycles. The second-order valence-corrected chi connectivity index (χ2v) is 7.44. The highest BCUT2D eigenvalue weighted by molar-refractivity contribution is 5.85. The Morgan fingerprint density at radius 2 is 1.79 bits per heavy atom. The molecule has 2 aromatic carbocycles. The molecule has 0 atom stereocenters. The first-order chi connectivity index (χ1) is 13.9. The number of nitrogens with zero attached hydrogens (tertiary/aromatic N) is 1. The molecule has 0 fully saturated rings. The van der Waals surface area contributed by atoms with Gasteiger partial charge in [-0.05, 0) is 67.2 Å². The van der Waals surface area contributed by atoms with Crippen LogP contribution in [0.25, 0.3) is 10.8 Å². The summed E-state index contributed by atoms with van der Waals surface area (Å²) in [6.45, 7) is 6.86. The van der Waals surface area contributed by atoms with Gasteiger partial charge in [0.05, 0.1) is 6.61 Å². The van der Waals surface area contributed by atoms with E-state index < -0.39 is 0 Å². The maximum atomic E-state index is 5.83. The number of hydrogen-bond donors (Lipinski definition) is 0. The van der Waals surface area contributed by atoms with E-state index in [1.54, 1.807) is 0 Å². The molecule has 28 heavy (non-hydrogen) atoms. The van der Waals surface area contributed by atoms with Gasteiger partial charge in [0.15, 0.2) is 0 Å². The van der Waals surface area contributed by atoms with E-state index in [-0.39, 0.29) is 0 Å². The molecule has 0 N–H and O–H groups in total. The van der Waals surface area contributed by atoms with Crippen LogP contribution in [0.2, 0.25) is 0 Å². The Kier molecular flexibility index (Phi) is 8.24. The maximum absolute atomic E-state index is 5.83. The minimum atomic E-state index is 0.834. The molecule has 0 aliphatic heterocycles. The first-order valence-corrected chi connectivity index (χ1v) is 10.7. The predicted octanol–water partition coefficient (Wildman–Crippen LogP) is 7.03. The Morgan fingerprint density at radius 1 is 0.929 bits per heavy atom. The average Bonchev–Trinajstić information content (AvgIpc) is 2.75. The summed E-state index contributed by atoms with van der Waals surface area (Å²) in [5, 5.41) is 2.62. The normalized spacial score (nSPS) is 13.4. The third kappa shape index (κ3) is 6.30. The van der Waals surface area contributed by atoms with Gasteiger partial charge in [-0.15, -0.1) is 6.58 Å². The fraction of sp³-hybridized carbons (Fsp3) is 0.385. The van der Waals surface area contributed by atoms with Crippen molar-refractivity contribution in [1.29, 1.82) is 0 Å². The molecule has 0 heterocycles. The van der Waals surface area contributed by atoms with Crippen LogP contribution < -0.4 is 4.90 Å². The molecule has 2 heteroatoms. The van der Waals surface area contributed by atoms with Crippen molar-refractivity contribution >= 4 is 16.5 Å². The van der Waals surface area contributed by atoms with E-state index in [0.717, 1.165) is 51.1 Å². The summed E-state index contributed by atoms with van der Waals surface area (Å²) in [6.07, 6.45) is 16.6. The van der Waals surface area contributed by atoms with E-state index in [0.29, 0.717) is 0 Å². The summed E-state index contributed by atoms with van der Waals surface area (Å²) >= 11 is 0. The summed E-state index contributed by atoms with van der Waals surface area (Å²) in [7, 11) is 0. The van der Waals surface area contributed by atoms with Crippen molar-refractivity contribution in [3.63, 3.8) is 0 Å². The molecule has 3 rings (SSSR count). The van der Waals surface area contributed by atoms with Gasteiger partial charge < -0.3 is 9.64 Å². The Labute approximate surface area is 170 Å². The predicted molar refractivity (Wildman–Crippen MR) is 122 cm³/mol. The number of fused-ring (bicyclic) bond motifs is 1. The van der Waals surface area contributed by atoms with Gasteiger partial charge in [0, 0.05) is 18.8 Å². The molecule has 0 amide bonds. The highest BCUT2D eigenvalue weighted by Gasteiger charge is 2.07. The highest BCUT2D eigenvalue weighted by Crippen LogP contribution is 2.23. The molecule has 1 aliphatic rings. The van der Waals surface area contributed by atoms with Crippen molar-refractivity contribution < 1.29 is 4.74 Å². The maximum Gasteiger partial charge on any atom is 0.114 e. The van der Waals surface area contributed by atoms with Crippen molar-refractivity contribution in [3.05, 3.63) is 79.1 Å². The number of hydrogen-bond acceptors (Lipinski definition) is 2. The third-order valence-electron chi connectivity index (χ3n) is 5.25. The lowest BCUT2D eigenvalue weighted by Gasteiger charge is -2.25. The lowest BCUT2D eigenvalue weighted by Crippen LogP contribution is -2.25. The lowest BCUT2D eigenvalue weighted by atomic mass is 10.1. The number of benzene rings is 2. The largest absolute Gasteiger partial charge is 0.494 e. The van der Waals surface area contributed by atoms with Gasteiger partial charge in [0.1, 0.15) is 5.76 Å². The number of ether oxygens (including phenoxy) is 1. The fourth-order valence-corrected chi connectivity index (χ4v) is 3.64. The van der Waals surface area contributed by atoms with Crippen LogP contribution in [0.5, 0.6) is 0 Å². The number of anilines is 1. The topological polar surface area (TPSA) is 12.5 Å². The molecule has 0 saturated carbocycles. The summed E-state index contributed by atoms with van der Waals surface area (Å²) in [6, 6.07) is 15.4. The van der Waals surface area contributed by atoms with E-state index in [2.05, 4.69) is 72.2 Å². The SMILES string of the molecule is C=CCCN(CCCCCCOC1=CCCC=C1)c1ccc2ccccc2c1. The van der Waals surface area contributed by atoms with Crippen LogP contribution in [0.1, 0.15) is 44.9 Å². The first-order valence-electron chi connectivity index (χ1n) is 10.7. The molecule has 0 aromatic heterocycles. The molecule has 0 saturated heterocycles. The molecule has 2 nitrogen and oxygen atoms in total. The van der Waals surface area contributed by atoms with Crippen LogP contribution >= 0.6 is 0 Å². The van der Waals surface area contributed by atoms with E-state index >= 15 is 0 Å². The van der Waals surface area contributed by atoms with Gasteiger partial charge >= 0.3 is 0 Å². The fourth-order valence-electron chi connectivity index (χ4n) is 3.64. The molecule has 0 bridgehead atoms. The van der Waals surface area contributed by atoms with E-state index in [1.807, 2.05) is 6.08 Å². The average molecular weight is 376 g/mol. The highest BCUT2D eigenvalue weighted by atomic mass is 16.5. The van der Waals surface area contributed by atoms with Gasteiger partial charge in [-0.25, -0.2) is 0 Å². The van der Waals surface area contributed by atoms with Crippen LogP contribution in [-0.2, 0) is 4.74 Å². The van der Waals surface area contributed by atoms with Crippen LogP contribution in [0, 0.1) is 0 Å². The summed E-state index contributed by atoms with van der Waals surface area (Å²) < 4.78 is 5.83. The van der Waals surface area contributed by atoms with Crippen molar-refractivity contribution in [2.75, 3.05) is 24.6 Å². The van der Waals surface area contributed by atoms with Gasteiger partial charge in [-0.1, -0.05) is 55.3 Å². The summed E-state index contributed by atoms with van der Waals surface area (Å²) in [5.74, 6) is 1.05. The van der Waals surface area contributed by atoms with Gasteiger partial charge in [0.25, 0.3) is 0 Å². The van der Waals surface area contributed by atoms with Gasteiger partial charge in [0.2, 0.25) is 0 Å². The van der Waals surface area contributed by atoms with Crippen LogP contribution in [0.15, 0.2) is 79.1 Å². The van der Waals surface area contributed by atoms with Crippen LogP contribution in [0.3, 0.4) is 0 Å². The number of rotatable bonds is 12. The Bertz CT molecular complexity index is 805.